The maximum atomic E-state index is 14.6. The quantitative estimate of drug-likeness (QED) is 0.874. The van der Waals surface area contributed by atoms with Crippen LogP contribution in [0.2, 0.25) is 0 Å². The smallest absolute Gasteiger partial charge is 0.226 e. The first-order chi connectivity index (χ1) is 12.7. The van der Waals surface area contributed by atoms with Crippen LogP contribution < -0.4 is 10.2 Å². The Morgan fingerprint density at radius 1 is 1.33 bits per heavy atom. The van der Waals surface area contributed by atoms with Crippen molar-refractivity contribution in [1.82, 2.24) is 9.97 Å². The Labute approximate surface area is 160 Å². The second-order valence-electron chi connectivity index (χ2n) is 8.40. The molecule has 0 bridgehead atoms. The summed E-state index contributed by atoms with van der Waals surface area (Å²) in [5, 5.41) is 2.63. The minimum absolute atomic E-state index is 0.0295. The monoisotopic (exact) mass is 370 g/mol. The molecule has 1 N–H and O–H groups in total. The third-order valence-electron chi connectivity index (χ3n) is 4.51. The number of pyridine rings is 2. The molecular weight excluding hydrogens is 343 g/mol. The van der Waals surface area contributed by atoms with Crippen LogP contribution in [0.4, 0.5) is 15.9 Å². The van der Waals surface area contributed by atoms with Gasteiger partial charge in [-0.15, -0.1) is 0 Å². The molecule has 0 atom stereocenters. The molecule has 6 heteroatoms. The lowest BCUT2D eigenvalue weighted by atomic mass is 9.92. The van der Waals surface area contributed by atoms with Crippen LogP contribution in [0.1, 0.15) is 50.6 Å². The normalized spacial score (nSPS) is 14.0. The summed E-state index contributed by atoms with van der Waals surface area (Å²) in [6.07, 6.45) is 3.90. The highest BCUT2D eigenvalue weighted by Crippen LogP contribution is 2.30. The Bertz CT molecular complexity index is 827. The highest BCUT2D eigenvalue weighted by molar-refractivity contribution is 5.90. The van der Waals surface area contributed by atoms with Crippen molar-refractivity contribution in [3.8, 4) is 0 Å². The van der Waals surface area contributed by atoms with Crippen molar-refractivity contribution in [2.75, 3.05) is 16.8 Å². The van der Waals surface area contributed by atoms with Crippen molar-refractivity contribution in [2.45, 2.75) is 53.5 Å². The lowest BCUT2D eigenvalue weighted by Gasteiger charge is -2.31. The fourth-order valence-corrected chi connectivity index (χ4v) is 3.26. The first-order valence-corrected chi connectivity index (χ1v) is 9.37. The Hall–Kier alpha value is -2.50. The summed E-state index contributed by atoms with van der Waals surface area (Å²) in [4.78, 5) is 23.0. The number of halogens is 1. The topological polar surface area (TPSA) is 58.1 Å². The van der Waals surface area contributed by atoms with Gasteiger partial charge in [-0.05, 0) is 36.8 Å². The average Bonchev–Trinajstić information content (AvgIpc) is 2.56. The number of aryl methyl sites for hydroxylation is 2. The van der Waals surface area contributed by atoms with Crippen LogP contribution in [0.25, 0.3) is 0 Å². The second-order valence-corrected chi connectivity index (χ2v) is 8.40. The third-order valence-corrected chi connectivity index (χ3v) is 4.51. The summed E-state index contributed by atoms with van der Waals surface area (Å²) >= 11 is 0. The molecule has 0 aromatic carbocycles. The van der Waals surface area contributed by atoms with E-state index in [1.165, 1.54) is 6.07 Å². The van der Waals surface area contributed by atoms with Crippen molar-refractivity contribution < 1.29 is 9.18 Å². The summed E-state index contributed by atoms with van der Waals surface area (Å²) in [7, 11) is 0. The largest absolute Gasteiger partial charge is 0.366 e. The predicted molar refractivity (Wildman–Crippen MR) is 105 cm³/mol. The predicted octanol–water partition coefficient (Wildman–Crippen LogP) is 4.25. The summed E-state index contributed by atoms with van der Waals surface area (Å²) in [6, 6.07) is 5.52. The molecule has 144 valence electrons. The van der Waals surface area contributed by atoms with Gasteiger partial charge in [-0.25, -0.2) is 9.37 Å². The summed E-state index contributed by atoms with van der Waals surface area (Å²) in [5.74, 6) is -0.681. The number of anilines is 2. The van der Waals surface area contributed by atoms with E-state index in [1.807, 2.05) is 46.0 Å². The fraction of sp³-hybridized carbons (Fsp3) is 0.476. The van der Waals surface area contributed by atoms with E-state index in [1.54, 1.807) is 0 Å². The van der Waals surface area contributed by atoms with E-state index in [0.717, 1.165) is 42.0 Å². The maximum absolute atomic E-state index is 14.6. The molecule has 3 heterocycles. The van der Waals surface area contributed by atoms with E-state index in [0.29, 0.717) is 13.0 Å². The summed E-state index contributed by atoms with van der Waals surface area (Å²) in [5.41, 5.74) is 3.52. The van der Waals surface area contributed by atoms with E-state index < -0.39 is 5.82 Å². The second kappa shape index (κ2) is 7.62. The number of nitrogens with zero attached hydrogens (tertiary/aromatic N) is 3. The minimum atomic E-state index is -0.495. The number of amides is 1. The zero-order valence-corrected chi connectivity index (χ0v) is 16.5. The van der Waals surface area contributed by atoms with Gasteiger partial charge >= 0.3 is 0 Å². The van der Waals surface area contributed by atoms with Crippen LogP contribution in [0, 0.1) is 18.2 Å². The average molecular weight is 370 g/mol. The molecule has 27 heavy (non-hydrogen) atoms. The Balaban J connectivity index is 1.79. The number of nitrogens with one attached hydrogen (secondary N) is 1. The molecule has 0 saturated carbocycles. The Morgan fingerprint density at radius 2 is 2.11 bits per heavy atom. The first-order valence-electron chi connectivity index (χ1n) is 9.37. The van der Waals surface area contributed by atoms with Crippen molar-refractivity contribution >= 4 is 17.4 Å². The van der Waals surface area contributed by atoms with Crippen LogP contribution in [0.3, 0.4) is 0 Å². The van der Waals surface area contributed by atoms with Gasteiger partial charge in [-0.3, -0.25) is 9.78 Å². The van der Waals surface area contributed by atoms with Crippen molar-refractivity contribution in [3.63, 3.8) is 0 Å². The van der Waals surface area contributed by atoms with Gasteiger partial charge in [0.15, 0.2) is 11.6 Å². The number of carbonyl (C=O) groups excluding carboxylic acids is 1. The highest BCUT2D eigenvalue weighted by Gasteiger charge is 2.23. The molecule has 1 aliphatic heterocycles. The lowest BCUT2D eigenvalue weighted by molar-refractivity contribution is -0.117. The SMILES string of the molecule is Cc1ccc(CN2CCCc3nc(NC(=O)CC(C)(C)C)c(F)cc32)cn1. The maximum Gasteiger partial charge on any atom is 0.226 e. The van der Waals surface area contributed by atoms with Crippen LogP contribution in [-0.2, 0) is 17.8 Å². The summed E-state index contributed by atoms with van der Waals surface area (Å²) < 4.78 is 14.6. The van der Waals surface area contributed by atoms with Crippen LogP contribution in [0.15, 0.2) is 24.4 Å². The standard InChI is InChI=1S/C21H27FN4O/c1-14-7-8-15(12-23-14)13-26-9-5-6-17-18(26)10-16(22)20(24-17)25-19(27)11-21(2,3)4/h7-8,10,12H,5-6,9,11,13H2,1-4H3,(H,24,25,27). The molecule has 0 aliphatic carbocycles. The van der Waals surface area contributed by atoms with Crippen molar-refractivity contribution in [1.29, 1.82) is 0 Å². The number of aromatic nitrogens is 2. The highest BCUT2D eigenvalue weighted by atomic mass is 19.1. The molecule has 2 aromatic heterocycles. The lowest BCUT2D eigenvalue weighted by Crippen LogP contribution is -2.30. The molecular formula is C21H27FN4O. The number of fused-ring (bicyclic) bond motifs is 1. The zero-order valence-electron chi connectivity index (χ0n) is 16.5. The zero-order chi connectivity index (χ0) is 19.6. The third kappa shape index (κ3) is 5.02. The van der Waals surface area contributed by atoms with Crippen LogP contribution in [0.5, 0.6) is 0 Å². The number of hydrogen-bond acceptors (Lipinski definition) is 4. The van der Waals surface area contributed by atoms with E-state index >= 15 is 0 Å². The number of rotatable bonds is 4. The first kappa shape index (κ1) is 19.3. The molecule has 5 nitrogen and oxygen atoms in total. The van der Waals surface area contributed by atoms with Gasteiger partial charge in [0.1, 0.15) is 0 Å². The molecule has 0 saturated heterocycles. The van der Waals surface area contributed by atoms with Gasteiger partial charge in [0.2, 0.25) is 5.91 Å². The fourth-order valence-electron chi connectivity index (χ4n) is 3.26. The Kier molecular flexibility index (Phi) is 5.44. The van der Waals surface area contributed by atoms with Crippen LogP contribution in [-0.4, -0.2) is 22.4 Å². The molecule has 0 radical (unpaired) electrons. The number of carbonyl (C=O) groups is 1. The molecule has 0 unspecified atom stereocenters. The van der Waals surface area contributed by atoms with Crippen molar-refractivity contribution in [2.24, 2.45) is 5.41 Å². The molecule has 1 aliphatic rings. The van der Waals surface area contributed by atoms with Gasteiger partial charge < -0.3 is 10.2 Å². The van der Waals surface area contributed by atoms with Gasteiger partial charge in [-0.2, -0.15) is 0 Å². The molecule has 1 amide bonds. The van der Waals surface area contributed by atoms with Gasteiger partial charge in [-0.1, -0.05) is 26.8 Å². The van der Waals surface area contributed by atoms with Crippen LogP contribution >= 0.6 is 0 Å². The summed E-state index contributed by atoms with van der Waals surface area (Å²) in [6.45, 7) is 9.38. The van der Waals surface area contributed by atoms with Crippen molar-refractivity contribution in [3.05, 3.63) is 47.2 Å². The van der Waals surface area contributed by atoms with E-state index in [9.17, 15) is 9.18 Å². The van der Waals surface area contributed by atoms with E-state index in [4.69, 9.17) is 0 Å². The minimum Gasteiger partial charge on any atom is -0.366 e. The molecule has 2 aromatic rings. The van der Waals surface area contributed by atoms with Gasteiger partial charge in [0, 0.05) is 37.5 Å². The number of hydrogen-bond donors (Lipinski definition) is 1. The Morgan fingerprint density at radius 3 is 2.78 bits per heavy atom. The van der Waals surface area contributed by atoms with Gasteiger partial charge in [0.25, 0.3) is 0 Å². The molecule has 3 rings (SSSR count). The van der Waals surface area contributed by atoms with E-state index in [-0.39, 0.29) is 17.1 Å². The van der Waals surface area contributed by atoms with E-state index in [2.05, 4.69) is 20.2 Å². The van der Waals surface area contributed by atoms with Gasteiger partial charge in [0.05, 0.1) is 11.4 Å². The molecule has 0 fully saturated rings. The molecule has 0 spiro atoms.